The molecule has 0 saturated heterocycles. The molecule has 0 unspecified atom stereocenters. The molecule has 124 valence electrons. The predicted molar refractivity (Wildman–Crippen MR) is 89.9 cm³/mol. The van der Waals surface area contributed by atoms with Crippen molar-refractivity contribution in [1.82, 2.24) is 9.78 Å². The van der Waals surface area contributed by atoms with Crippen LogP contribution in [-0.2, 0) is 16.8 Å². The number of hydrogen-bond acceptors (Lipinski definition) is 3. The number of aromatic nitrogens is 2. The van der Waals surface area contributed by atoms with E-state index in [4.69, 9.17) is 4.74 Å². The third kappa shape index (κ3) is 2.30. The lowest BCUT2D eigenvalue weighted by molar-refractivity contribution is -0.117. The zero-order valence-corrected chi connectivity index (χ0v) is 13.6. The largest absolute Gasteiger partial charge is 0.493 e. The number of hydrogen-bond donors (Lipinski definition) is 1. The van der Waals surface area contributed by atoms with Crippen molar-refractivity contribution in [3.8, 4) is 5.75 Å². The van der Waals surface area contributed by atoms with Gasteiger partial charge in [0.25, 0.3) is 0 Å². The number of fused-ring (bicyclic) bond motifs is 2. The Morgan fingerprint density at radius 2 is 2.25 bits per heavy atom. The fourth-order valence-corrected chi connectivity index (χ4v) is 4.03. The van der Waals surface area contributed by atoms with Gasteiger partial charge in [0.05, 0.1) is 18.5 Å². The van der Waals surface area contributed by atoms with Gasteiger partial charge in [-0.05, 0) is 37.7 Å². The number of ether oxygens (including phenoxy) is 1. The Kier molecular flexibility index (Phi) is 2.99. The van der Waals surface area contributed by atoms with E-state index in [1.165, 1.54) is 18.4 Å². The van der Waals surface area contributed by atoms with Crippen LogP contribution in [0.3, 0.4) is 0 Å². The van der Waals surface area contributed by atoms with E-state index >= 15 is 0 Å². The minimum Gasteiger partial charge on any atom is -0.493 e. The molecule has 1 spiro atoms. The van der Waals surface area contributed by atoms with Crippen molar-refractivity contribution in [2.24, 2.45) is 11.8 Å². The highest BCUT2D eigenvalue weighted by Crippen LogP contribution is 2.60. The molecule has 1 aromatic heterocycles. The van der Waals surface area contributed by atoms with E-state index in [2.05, 4.69) is 16.5 Å². The molecule has 5 nitrogen and oxygen atoms in total. The van der Waals surface area contributed by atoms with Crippen molar-refractivity contribution in [2.45, 2.75) is 37.6 Å². The topological polar surface area (TPSA) is 56.2 Å². The zero-order chi connectivity index (χ0) is 16.1. The molecule has 2 heterocycles. The van der Waals surface area contributed by atoms with Gasteiger partial charge < -0.3 is 10.1 Å². The number of anilines is 1. The van der Waals surface area contributed by atoms with Crippen LogP contribution in [0.5, 0.6) is 5.75 Å². The van der Waals surface area contributed by atoms with Gasteiger partial charge in [0.1, 0.15) is 5.75 Å². The number of benzene rings is 1. The second-order valence-corrected chi connectivity index (χ2v) is 7.39. The predicted octanol–water partition coefficient (Wildman–Crippen LogP) is 2.97. The lowest BCUT2D eigenvalue weighted by Gasteiger charge is -2.26. The van der Waals surface area contributed by atoms with Crippen LogP contribution >= 0.6 is 0 Å². The Morgan fingerprint density at radius 1 is 1.38 bits per heavy atom. The SMILES string of the molecule is O=C(Nc1cnn(CC2CC2)c1)[C@H]1C[C@]12CCOc1ccccc12. The molecule has 3 aliphatic rings. The van der Waals surface area contributed by atoms with Gasteiger partial charge >= 0.3 is 0 Å². The summed E-state index contributed by atoms with van der Waals surface area (Å²) in [5.41, 5.74) is 1.98. The van der Waals surface area contributed by atoms with Crippen LogP contribution in [-0.4, -0.2) is 22.3 Å². The smallest absolute Gasteiger partial charge is 0.228 e. The number of carbonyl (C=O) groups excluding carboxylic acids is 1. The molecule has 1 amide bonds. The van der Waals surface area contributed by atoms with Crippen molar-refractivity contribution in [3.63, 3.8) is 0 Å². The first-order valence-electron chi connectivity index (χ1n) is 8.80. The first-order valence-corrected chi connectivity index (χ1v) is 8.80. The molecule has 0 radical (unpaired) electrons. The van der Waals surface area contributed by atoms with Crippen LogP contribution in [0.15, 0.2) is 36.7 Å². The van der Waals surface area contributed by atoms with Crippen LogP contribution in [0.2, 0.25) is 0 Å². The molecule has 2 saturated carbocycles. The van der Waals surface area contributed by atoms with Gasteiger partial charge in [-0.15, -0.1) is 0 Å². The summed E-state index contributed by atoms with van der Waals surface area (Å²) in [6.07, 6.45) is 8.14. The molecule has 2 atom stereocenters. The molecule has 1 aliphatic heterocycles. The van der Waals surface area contributed by atoms with E-state index in [9.17, 15) is 4.79 Å². The first-order chi connectivity index (χ1) is 11.7. The van der Waals surface area contributed by atoms with Crippen LogP contribution in [0.1, 0.15) is 31.2 Å². The number of nitrogens with one attached hydrogen (secondary N) is 1. The molecule has 0 bridgehead atoms. The van der Waals surface area contributed by atoms with Crippen molar-refractivity contribution in [1.29, 1.82) is 0 Å². The van der Waals surface area contributed by atoms with E-state index < -0.39 is 0 Å². The van der Waals surface area contributed by atoms with Gasteiger partial charge in [-0.25, -0.2) is 0 Å². The summed E-state index contributed by atoms with van der Waals surface area (Å²) in [6, 6.07) is 8.13. The van der Waals surface area contributed by atoms with E-state index in [0.717, 1.165) is 36.7 Å². The quantitative estimate of drug-likeness (QED) is 0.941. The lowest BCUT2D eigenvalue weighted by Crippen LogP contribution is -2.26. The Hall–Kier alpha value is -2.30. The summed E-state index contributed by atoms with van der Waals surface area (Å²) in [7, 11) is 0. The Labute approximate surface area is 141 Å². The third-order valence-electron chi connectivity index (χ3n) is 5.66. The number of amides is 1. The van der Waals surface area contributed by atoms with Crippen LogP contribution in [0.4, 0.5) is 5.69 Å². The van der Waals surface area contributed by atoms with E-state index in [1.54, 1.807) is 6.20 Å². The van der Waals surface area contributed by atoms with Crippen molar-refractivity contribution in [2.75, 3.05) is 11.9 Å². The molecule has 5 heteroatoms. The molecule has 2 aliphatic carbocycles. The Bertz CT molecular complexity index is 795. The average Bonchev–Trinajstić information content (AvgIpc) is 3.49. The molecular weight excluding hydrogens is 302 g/mol. The summed E-state index contributed by atoms with van der Waals surface area (Å²) in [4.78, 5) is 12.7. The average molecular weight is 323 g/mol. The van der Waals surface area contributed by atoms with E-state index in [-0.39, 0.29) is 17.2 Å². The molecule has 5 rings (SSSR count). The standard InChI is InChI=1S/C19H21N3O2/c23-18(21-14-10-20-22(12-14)11-13-5-6-13)16-9-19(16)7-8-24-17-4-2-1-3-15(17)19/h1-4,10,12-13,16H,5-9,11H2,(H,21,23)/t16-,19+/m1/s1. The maximum Gasteiger partial charge on any atom is 0.228 e. The summed E-state index contributed by atoms with van der Waals surface area (Å²) in [5.74, 6) is 1.86. The summed E-state index contributed by atoms with van der Waals surface area (Å²) >= 11 is 0. The lowest BCUT2D eigenvalue weighted by atomic mass is 9.87. The molecule has 2 aromatic rings. The fraction of sp³-hybridized carbons (Fsp3) is 0.474. The van der Waals surface area contributed by atoms with Crippen molar-refractivity contribution in [3.05, 3.63) is 42.2 Å². The highest BCUT2D eigenvalue weighted by molar-refractivity contribution is 5.96. The molecular formula is C19H21N3O2. The third-order valence-corrected chi connectivity index (χ3v) is 5.66. The minimum atomic E-state index is -0.0249. The Morgan fingerprint density at radius 3 is 3.12 bits per heavy atom. The van der Waals surface area contributed by atoms with E-state index in [1.807, 2.05) is 29.1 Å². The van der Waals surface area contributed by atoms with Crippen LogP contribution < -0.4 is 10.1 Å². The monoisotopic (exact) mass is 323 g/mol. The van der Waals surface area contributed by atoms with Gasteiger partial charge in [-0.3, -0.25) is 9.48 Å². The van der Waals surface area contributed by atoms with Crippen molar-refractivity contribution < 1.29 is 9.53 Å². The summed E-state index contributed by atoms with van der Waals surface area (Å²) < 4.78 is 7.69. The van der Waals surface area contributed by atoms with E-state index in [0.29, 0.717) is 6.61 Å². The normalized spacial score (nSPS) is 27.4. The van der Waals surface area contributed by atoms with Gasteiger partial charge in [-0.2, -0.15) is 5.10 Å². The van der Waals surface area contributed by atoms with Crippen LogP contribution in [0.25, 0.3) is 0 Å². The number of para-hydroxylation sites is 1. The number of carbonyl (C=O) groups is 1. The van der Waals surface area contributed by atoms with Gasteiger partial charge in [0.2, 0.25) is 5.91 Å². The summed E-state index contributed by atoms with van der Waals surface area (Å²) in [5, 5.41) is 7.41. The number of nitrogens with zero attached hydrogens (tertiary/aromatic N) is 2. The highest BCUT2D eigenvalue weighted by Gasteiger charge is 2.61. The molecule has 24 heavy (non-hydrogen) atoms. The van der Waals surface area contributed by atoms with Crippen molar-refractivity contribution >= 4 is 11.6 Å². The maximum atomic E-state index is 12.7. The fourth-order valence-electron chi connectivity index (χ4n) is 4.03. The van der Waals surface area contributed by atoms with Crippen LogP contribution in [0, 0.1) is 11.8 Å². The zero-order valence-electron chi connectivity index (χ0n) is 13.6. The Balaban J connectivity index is 1.30. The second-order valence-electron chi connectivity index (χ2n) is 7.39. The first kappa shape index (κ1) is 14.1. The highest BCUT2D eigenvalue weighted by atomic mass is 16.5. The minimum absolute atomic E-state index is 0.0249. The maximum absolute atomic E-state index is 12.7. The molecule has 2 fully saturated rings. The summed E-state index contributed by atoms with van der Waals surface area (Å²) in [6.45, 7) is 1.66. The van der Waals surface area contributed by atoms with Gasteiger partial charge in [0, 0.05) is 29.6 Å². The molecule has 1 aromatic carbocycles. The van der Waals surface area contributed by atoms with Gasteiger partial charge in [0.15, 0.2) is 0 Å². The number of rotatable bonds is 4. The second kappa shape index (κ2) is 5.10. The molecule has 1 N–H and O–H groups in total. The van der Waals surface area contributed by atoms with Gasteiger partial charge in [-0.1, -0.05) is 18.2 Å².